The van der Waals surface area contributed by atoms with Gasteiger partial charge in [0.05, 0.1) is 30.6 Å². The van der Waals surface area contributed by atoms with Gasteiger partial charge in [-0.25, -0.2) is 9.78 Å². The van der Waals surface area contributed by atoms with Crippen molar-refractivity contribution in [1.82, 2.24) is 4.98 Å². The number of rotatable bonds is 5. The van der Waals surface area contributed by atoms with E-state index in [4.69, 9.17) is 21.1 Å². The maximum atomic E-state index is 13.2. The van der Waals surface area contributed by atoms with E-state index in [-0.39, 0.29) is 6.03 Å². The second-order valence-corrected chi connectivity index (χ2v) is 7.43. The van der Waals surface area contributed by atoms with Crippen LogP contribution in [-0.4, -0.2) is 38.3 Å². The third kappa shape index (κ3) is 4.36. The van der Waals surface area contributed by atoms with E-state index in [2.05, 4.69) is 27.3 Å². The van der Waals surface area contributed by atoms with Gasteiger partial charge < -0.3 is 19.7 Å². The lowest BCUT2D eigenvalue weighted by Crippen LogP contribution is -2.46. The number of aromatic nitrogens is 1. The van der Waals surface area contributed by atoms with Gasteiger partial charge in [0, 0.05) is 31.9 Å². The molecule has 4 rings (SSSR count). The Kier molecular flexibility index (Phi) is 6.13. The van der Waals surface area contributed by atoms with Gasteiger partial charge in [-0.3, -0.25) is 4.90 Å². The minimum Gasteiger partial charge on any atom is -0.495 e. The van der Waals surface area contributed by atoms with Gasteiger partial charge in [0.15, 0.2) is 5.82 Å². The molecule has 0 atom stereocenters. The summed E-state index contributed by atoms with van der Waals surface area (Å²) in [4.78, 5) is 21.6. The highest BCUT2D eigenvalue weighted by Gasteiger charge is 2.28. The first-order valence-corrected chi connectivity index (χ1v) is 10.2. The molecule has 1 aromatic heterocycles. The van der Waals surface area contributed by atoms with Crippen molar-refractivity contribution < 1.29 is 14.3 Å². The van der Waals surface area contributed by atoms with Crippen molar-refractivity contribution in [2.45, 2.75) is 6.54 Å². The first-order chi connectivity index (χ1) is 15.1. The van der Waals surface area contributed by atoms with E-state index in [0.717, 1.165) is 18.1 Å². The van der Waals surface area contributed by atoms with E-state index in [0.29, 0.717) is 35.3 Å². The SMILES string of the molecule is COc1cc(OC)c(NC(=O)N2CCN(Cc3ccccc3)c3ncccc32)cc1Cl. The molecule has 0 bridgehead atoms. The molecule has 0 saturated heterocycles. The van der Waals surface area contributed by atoms with E-state index in [9.17, 15) is 4.79 Å². The lowest BCUT2D eigenvalue weighted by molar-refractivity contribution is 0.256. The van der Waals surface area contributed by atoms with Crippen LogP contribution in [0.5, 0.6) is 11.5 Å². The Morgan fingerprint density at radius 2 is 1.84 bits per heavy atom. The standard InChI is InChI=1S/C23H23ClN4O3/c1-30-20-14-21(31-2)18(13-17(20)24)26-23(29)28-12-11-27(15-16-7-4-3-5-8-16)22-19(28)9-6-10-25-22/h3-10,13-14H,11-12,15H2,1-2H3,(H,26,29). The number of nitrogens with one attached hydrogen (secondary N) is 1. The number of pyridine rings is 1. The van der Waals surface area contributed by atoms with Crippen LogP contribution in [0, 0.1) is 0 Å². The number of halogens is 1. The second-order valence-electron chi connectivity index (χ2n) is 7.02. The number of nitrogens with zero attached hydrogens (tertiary/aromatic N) is 3. The quantitative estimate of drug-likeness (QED) is 0.619. The number of carbonyl (C=O) groups is 1. The Labute approximate surface area is 186 Å². The van der Waals surface area contributed by atoms with E-state index in [1.165, 1.54) is 19.8 Å². The van der Waals surface area contributed by atoms with Crippen molar-refractivity contribution in [2.75, 3.05) is 42.4 Å². The smallest absolute Gasteiger partial charge is 0.326 e. The van der Waals surface area contributed by atoms with Gasteiger partial charge in [-0.15, -0.1) is 0 Å². The fourth-order valence-corrected chi connectivity index (χ4v) is 3.84. The van der Waals surface area contributed by atoms with Crippen molar-refractivity contribution in [3.05, 3.63) is 71.4 Å². The molecule has 0 aliphatic carbocycles. The summed E-state index contributed by atoms with van der Waals surface area (Å²) in [7, 11) is 3.05. The van der Waals surface area contributed by atoms with Gasteiger partial charge >= 0.3 is 6.03 Å². The molecule has 0 saturated carbocycles. The zero-order chi connectivity index (χ0) is 21.8. The predicted molar refractivity (Wildman–Crippen MR) is 123 cm³/mol. The van der Waals surface area contributed by atoms with Crippen LogP contribution in [0.1, 0.15) is 5.56 Å². The number of carbonyl (C=O) groups excluding carboxylic acids is 1. The monoisotopic (exact) mass is 438 g/mol. The average Bonchev–Trinajstić information content (AvgIpc) is 2.80. The second kappa shape index (κ2) is 9.14. The Balaban J connectivity index is 1.58. The summed E-state index contributed by atoms with van der Waals surface area (Å²) in [5, 5.41) is 3.29. The molecule has 1 aliphatic heterocycles. The summed E-state index contributed by atoms with van der Waals surface area (Å²) in [6.45, 7) is 1.90. The molecule has 31 heavy (non-hydrogen) atoms. The number of fused-ring (bicyclic) bond motifs is 1. The molecule has 2 amide bonds. The van der Waals surface area contributed by atoms with E-state index in [1.807, 2.05) is 30.3 Å². The highest BCUT2D eigenvalue weighted by molar-refractivity contribution is 6.32. The minimum atomic E-state index is -0.284. The van der Waals surface area contributed by atoms with E-state index < -0.39 is 0 Å². The molecule has 2 aromatic carbocycles. The topological polar surface area (TPSA) is 66.9 Å². The number of hydrogen-bond donors (Lipinski definition) is 1. The van der Waals surface area contributed by atoms with Crippen LogP contribution in [-0.2, 0) is 6.54 Å². The molecule has 2 heterocycles. The first-order valence-electron chi connectivity index (χ1n) is 9.84. The Hall–Kier alpha value is -3.45. The molecule has 0 unspecified atom stereocenters. The van der Waals surface area contributed by atoms with Gasteiger partial charge in [-0.05, 0) is 23.8 Å². The van der Waals surface area contributed by atoms with Crippen LogP contribution >= 0.6 is 11.6 Å². The predicted octanol–water partition coefficient (Wildman–Crippen LogP) is 4.81. The minimum absolute atomic E-state index is 0.284. The largest absolute Gasteiger partial charge is 0.495 e. The maximum Gasteiger partial charge on any atom is 0.326 e. The lowest BCUT2D eigenvalue weighted by Gasteiger charge is -2.36. The third-order valence-corrected chi connectivity index (χ3v) is 5.42. The molecule has 1 N–H and O–H groups in total. The molecular weight excluding hydrogens is 416 g/mol. The molecule has 1 aliphatic rings. The maximum absolute atomic E-state index is 13.2. The van der Waals surface area contributed by atoms with Crippen molar-refractivity contribution in [1.29, 1.82) is 0 Å². The van der Waals surface area contributed by atoms with Crippen molar-refractivity contribution in [2.24, 2.45) is 0 Å². The Morgan fingerprint density at radius 3 is 2.58 bits per heavy atom. The van der Waals surface area contributed by atoms with Crippen LogP contribution in [0.15, 0.2) is 60.8 Å². The summed E-state index contributed by atoms with van der Waals surface area (Å²) in [5.41, 5.74) is 2.41. The first kappa shape index (κ1) is 20.8. The fourth-order valence-electron chi connectivity index (χ4n) is 3.60. The molecule has 3 aromatic rings. The van der Waals surface area contributed by atoms with Gasteiger partial charge in [-0.1, -0.05) is 41.9 Å². The van der Waals surface area contributed by atoms with Crippen molar-refractivity contribution >= 4 is 34.8 Å². The van der Waals surface area contributed by atoms with Gasteiger partial charge in [0.2, 0.25) is 0 Å². The third-order valence-electron chi connectivity index (χ3n) is 5.13. The molecule has 160 valence electrons. The summed E-state index contributed by atoms with van der Waals surface area (Å²) >= 11 is 6.24. The van der Waals surface area contributed by atoms with Gasteiger partial charge in [0.1, 0.15) is 11.5 Å². The lowest BCUT2D eigenvalue weighted by atomic mass is 10.2. The summed E-state index contributed by atoms with van der Waals surface area (Å²) in [5.74, 6) is 1.71. The molecule has 0 fully saturated rings. The number of benzene rings is 2. The normalized spacial score (nSPS) is 12.9. The van der Waals surface area contributed by atoms with Crippen molar-refractivity contribution in [3.8, 4) is 11.5 Å². The fraction of sp³-hybridized carbons (Fsp3) is 0.217. The zero-order valence-electron chi connectivity index (χ0n) is 17.3. The number of anilines is 3. The van der Waals surface area contributed by atoms with E-state index >= 15 is 0 Å². The number of ether oxygens (including phenoxy) is 2. The van der Waals surface area contributed by atoms with Crippen LogP contribution < -0.4 is 24.6 Å². The summed E-state index contributed by atoms with van der Waals surface area (Å²) in [6, 6.07) is 16.9. The van der Waals surface area contributed by atoms with Crippen LogP contribution in [0.2, 0.25) is 5.02 Å². The van der Waals surface area contributed by atoms with Gasteiger partial charge in [0.25, 0.3) is 0 Å². The number of methoxy groups -OCH3 is 2. The zero-order valence-corrected chi connectivity index (χ0v) is 18.1. The van der Waals surface area contributed by atoms with Crippen LogP contribution in [0.4, 0.5) is 22.0 Å². The number of urea groups is 1. The Bertz CT molecular complexity index is 1080. The molecular formula is C23H23ClN4O3. The number of hydrogen-bond acceptors (Lipinski definition) is 5. The van der Waals surface area contributed by atoms with Crippen LogP contribution in [0.25, 0.3) is 0 Å². The highest BCUT2D eigenvalue weighted by Crippen LogP contribution is 2.37. The molecule has 0 radical (unpaired) electrons. The Morgan fingerprint density at radius 1 is 1.06 bits per heavy atom. The molecule has 7 nitrogen and oxygen atoms in total. The molecule has 8 heteroatoms. The number of amides is 2. The van der Waals surface area contributed by atoms with Gasteiger partial charge in [-0.2, -0.15) is 0 Å². The average molecular weight is 439 g/mol. The summed E-state index contributed by atoms with van der Waals surface area (Å²) in [6.07, 6.45) is 1.74. The summed E-state index contributed by atoms with van der Waals surface area (Å²) < 4.78 is 10.6. The van der Waals surface area contributed by atoms with Crippen LogP contribution in [0.3, 0.4) is 0 Å². The van der Waals surface area contributed by atoms with Crippen molar-refractivity contribution in [3.63, 3.8) is 0 Å². The van der Waals surface area contributed by atoms with E-state index in [1.54, 1.807) is 23.2 Å². The molecule has 0 spiro atoms. The highest BCUT2D eigenvalue weighted by atomic mass is 35.5.